The van der Waals surface area contributed by atoms with Crippen LogP contribution in [0, 0.1) is 13.8 Å². The predicted octanol–water partition coefficient (Wildman–Crippen LogP) is 3.86. The third-order valence-electron chi connectivity index (χ3n) is 2.76. The van der Waals surface area contributed by atoms with E-state index in [1.54, 1.807) is 0 Å². The summed E-state index contributed by atoms with van der Waals surface area (Å²) in [7, 11) is 0. The van der Waals surface area contributed by atoms with E-state index in [2.05, 4.69) is 55.8 Å². The van der Waals surface area contributed by atoms with Gasteiger partial charge in [0, 0.05) is 5.33 Å². The molecule has 1 aromatic rings. The molecule has 0 amide bonds. The van der Waals surface area contributed by atoms with Crippen molar-refractivity contribution in [3.63, 3.8) is 0 Å². The van der Waals surface area contributed by atoms with Crippen LogP contribution in [0.5, 0.6) is 0 Å². The molecule has 0 aromatic heterocycles. The number of hydrogen-bond donors (Lipinski definition) is 1. The van der Waals surface area contributed by atoms with E-state index in [1.165, 1.54) is 16.7 Å². The van der Waals surface area contributed by atoms with Crippen LogP contribution >= 0.6 is 15.9 Å². The van der Waals surface area contributed by atoms with Crippen LogP contribution in [0.4, 0.5) is 0 Å². The number of aryl methyl sites for hydroxylation is 2. The van der Waals surface area contributed by atoms with Gasteiger partial charge in [-0.3, -0.25) is 0 Å². The summed E-state index contributed by atoms with van der Waals surface area (Å²) in [6.45, 7) is 8.52. The molecule has 0 aliphatic heterocycles. The van der Waals surface area contributed by atoms with E-state index < -0.39 is 6.10 Å². The molecule has 0 spiro atoms. The molecule has 1 aromatic carbocycles. The van der Waals surface area contributed by atoms with E-state index in [1.807, 2.05) is 0 Å². The van der Waals surface area contributed by atoms with Crippen LogP contribution in [-0.4, -0.2) is 10.4 Å². The molecule has 15 heavy (non-hydrogen) atoms. The standard InChI is InChI=1S/C13H19BrO/c1-8(2)11-5-9(3)13(10(4)6-11)12(15)7-14/h5-6,8,12,15H,7H2,1-4H3. The fourth-order valence-corrected chi connectivity index (χ4v) is 2.27. The van der Waals surface area contributed by atoms with Gasteiger partial charge in [-0.15, -0.1) is 0 Å². The van der Waals surface area contributed by atoms with Crippen LogP contribution in [0.2, 0.25) is 0 Å². The zero-order chi connectivity index (χ0) is 11.6. The van der Waals surface area contributed by atoms with Crippen molar-refractivity contribution in [2.45, 2.75) is 39.7 Å². The highest BCUT2D eigenvalue weighted by molar-refractivity contribution is 9.09. The van der Waals surface area contributed by atoms with Gasteiger partial charge in [0.1, 0.15) is 0 Å². The number of rotatable bonds is 3. The van der Waals surface area contributed by atoms with Crippen molar-refractivity contribution in [3.05, 3.63) is 34.4 Å². The Balaban J connectivity index is 3.21. The Kier molecular flexibility index (Phi) is 4.35. The molecule has 0 bridgehead atoms. The van der Waals surface area contributed by atoms with Crippen molar-refractivity contribution in [1.82, 2.24) is 0 Å². The fourth-order valence-electron chi connectivity index (χ4n) is 1.94. The lowest BCUT2D eigenvalue weighted by atomic mass is 9.92. The minimum atomic E-state index is -0.397. The van der Waals surface area contributed by atoms with Gasteiger partial charge < -0.3 is 5.11 Å². The van der Waals surface area contributed by atoms with Gasteiger partial charge in [0.15, 0.2) is 0 Å². The molecule has 1 N–H and O–H groups in total. The molecule has 1 nitrogen and oxygen atoms in total. The van der Waals surface area contributed by atoms with E-state index >= 15 is 0 Å². The quantitative estimate of drug-likeness (QED) is 0.828. The van der Waals surface area contributed by atoms with Crippen LogP contribution < -0.4 is 0 Å². The Hall–Kier alpha value is -0.340. The third kappa shape index (κ3) is 2.82. The molecule has 0 fully saturated rings. The topological polar surface area (TPSA) is 20.2 Å². The summed E-state index contributed by atoms with van der Waals surface area (Å²) in [6.07, 6.45) is -0.397. The maximum absolute atomic E-state index is 9.87. The first-order chi connectivity index (χ1) is 6.97. The summed E-state index contributed by atoms with van der Waals surface area (Å²) in [5.41, 5.74) is 4.78. The number of hydrogen-bond acceptors (Lipinski definition) is 1. The summed E-state index contributed by atoms with van der Waals surface area (Å²) >= 11 is 3.32. The summed E-state index contributed by atoms with van der Waals surface area (Å²) < 4.78 is 0. The van der Waals surface area contributed by atoms with Crippen molar-refractivity contribution in [2.24, 2.45) is 0 Å². The molecule has 1 atom stereocenters. The molecular formula is C13H19BrO. The largest absolute Gasteiger partial charge is 0.388 e. The third-order valence-corrected chi connectivity index (χ3v) is 3.38. The van der Waals surface area contributed by atoms with Gasteiger partial charge in [0.25, 0.3) is 0 Å². The summed E-state index contributed by atoms with van der Waals surface area (Å²) in [5.74, 6) is 0.539. The molecular weight excluding hydrogens is 252 g/mol. The van der Waals surface area contributed by atoms with Gasteiger partial charge in [0.05, 0.1) is 6.10 Å². The first kappa shape index (κ1) is 12.7. The normalized spacial score (nSPS) is 13.3. The van der Waals surface area contributed by atoms with Crippen molar-refractivity contribution < 1.29 is 5.11 Å². The Morgan fingerprint density at radius 2 is 1.67 bits per heavy atom. The highest BCUT2D eigenvalue weighted by Crippen LogP contribution is 2.27. The van der Waals surface area contributed by atoms with Gasteiger partial charge in [-0.05, 0) is 42.0 Å². The van der Waals surface area contributed by atoms with Gasteiger partial charge in [-0.1, -0.05) is 41.9 Å². The number of benzene rings is 1. The molecule has 84 valence electrons. The van der Waals surface area contributed by atoms with Crippen molar-refractivity contribution in [3.8, 4) is 0 Å². The molecule has 0 saturated heterocycles. The number of aliphatic hydroxyl groups excluding tert-OH is 1. The second-order valence-corrected chi connectivity index (χ2v) is 5.04. The van der Waals surface area contributed by atoms with Crippen molar-refractivity contribution >= 4 is 15.9 Å². The van der Waals surface area contributed by atoms with Gasteiger partial charge >= 0.3 is 0 Å². The van der Waals surface area contributed by atoms with Gasteiger partial charge in [-0.25, -0.2) is 0 Å². The van der Waals surface area contributed by atoms with Crippen molar-refractivity contribution in [2.75, 3.05) is 5.33 Å². The van der Waals surface area contributed by atoms with Crippen LogP contribution in [0.25, 0.3) is 0 Å². The average Bonchev–Trinajstić information content (AvgIpc) is 2.16. The summed E-state index contributed by atoms with van der Waals surface area (Å²) in [5, 5.41) is 10.5. The molecule has 0 radical (unpaired) electrons. The lowest BCUT2D eigenvalue weighted by Crippen LogP contribution is -2.05. The second kappa shape index (κ2) is 5.13. The second-order valence-electron chi connectivity index (χ2n) is 4.39. The van der Waals surface area contributed by atoms with E-state index in [0.717, 1.165) is 5.56 Å². The summed E-state index contributed by atoms with van der Waals surface area (Å²) in [4.78, 5) is 0. The smallest absolute Gasteiger partial charge is 0.0891 e. The lowest BCUT2D eigenvalue weighted by Gasteiger charge is -2.17. The molecule has 0 heterocycles. The Labute approximate surface area is 101 Å². The van der Waals surface area contributed by atoms with Crippen LogP contribution in [0.3, 0.4) is 0 Å². The Bertz CT molecular complexity index is 321. The van der Waals surface area contributed by atoms with E-state index in [4.69, 9.17) is 0 Å². The Morgan fingerprint density at radius 1 is 1.20 bits per heavy atom. The Morgan fingerprint density at radius 3 is 2.00 bits per heavy atom. The van der Waals surface area contributed by atoms with E-state index in [0.29, 0.717) is 11.2 Å². The maximum Gasteiger partial charge on any atom is 0.0891 e. The molecule has 0 aliphatic carbocycles. The molecule has 1 rings (SSSR count). The monoisotopic (exact) mass is 270 g/mol. The minimum absolute atomic E-state index is 0.397. The zero-order valence-corrected chi connectivity index (χ0v) is 11.4. The maximum atomic E-state index is 9.87. The fraction of sp³-hybridized carbons (Fsp3) is 0.538. The molecule has 0 aliphatic rings. The van der Waals surface area contributed by atoms with Crippen LogP contribution in [0.15, 0.2) is 12.1 Å². The number of aliphatic hydroxyl groups is 1. The van der Waals surface area contributed by atoms with E-state index in [-0.39, 0.29) is 0 Å². The van der Waals surface area contributed by atoms with Crippen molar-refractivity contribution in [1.29, 1.82) is 0 Å². The molecule has 2 heteroatoms. The highest BCUT2D eigenvalue weighted by atomic mass is 79.9. The molecule has 0 saturated carbocycles. The van der Waals surface area contributed by atoms with E-state index in [9.17, 15) is 5.11 Å². The summed E-state index contributed by atoms with van der Waals surface area (Å²) in [6, 6.07) is 4.36. The van der Waals surface area contributed by atoms with Crippen LogP contribution in [-0.2, 0) is 0 Å². The average molecular weight is 271 g/mol. The van der Waals surface area contributed by atoms with Gasteiger partial charge in [0.2, 0.25) is 0 Å². The SMILES string of the molecule is Cc1cc(C(C)C)cc(C)c1C(O)CBr. The lowest BCUT2D eigenvalue weighted by molar-refractivity contribution is 0.204. The van der Waals surface area contributed by atoms with Gasteiger partial charge in [-0.2, -0.15) is 0 Å². The molecule has 1 unspecified atom stereocenters. The first-order valence-electron chi connectivity index (χ1n) is 5.32. The minimum Gasteiger partial charge on any atom is -0.388 e. The zero-order valence-electron chi connectivity index (χ0n) is 9.84. The predicted molar refractivity (Wildman–Crippen MR) is 68.8 cm³/mol. The number of alkyl halides is 1. The number of halogens is 1. The highest BCUT2D eigenvalue weighted by Gasteiger charge is 2.13. The van der Waals surface area contributed by atoms with Crippen LogP contribution in [0.1, 0.15) is 48.1 Å². The first-order valence-corrected chi connectivity index (χ1v) is 6.44.